The maximum Gasteiger partial charge on any atom is 0.128 e. The first-order valence-electron chi connectivity index (χ1n) is 5.01. The SMILES string of the molecule is Cn1cc(C(NN)c2cc(Cl)ccc2F)cn1. The van der Waals surface area contributed by atoms with Gasteiger partial charge in [0.25, 0.3) is 0 Å². The van der Waals surface area contributed by atoms with Crippen molar-refractivity contribution in [2.45, 2.75) is 6.04 Å². The minimum atomic E-state index is -0.470. The first-order chi connectivity index (χ1) is 8.11. The lowest BCUT2D eigenvalue weighted by Crippen LogP contribution is -2.29. The highest BCUT2D eigenvalue weighted by Gasteiger charge is 2.18. The van der Waals surface area contributed by atoms with Crippen LogP contribution in [0.15, 0.2) is 30.6 Å². The van der Waals surface area contributed by atoms with Crippen LogP contribution in [0.1, 0.15) is 17.2 Å². The Labute approximate surface area is 103 Å². The highest BCUT2D eigenvalue weighted by atomic mass is 35.5. The Bertz CT molecular complexity index is 526. The molecule has 4 nitrogen and oxygen atoms in total. The summed E-state index contributed by atoms with van der Waals surface area (Å²) >= 11 is 5.85. The van der Waals surface area contributed by atoms with Crippen LogP contribution in [0.5, 0.6) is 0 Å². The van der Waals surface area contributed by atoms with E-state index in [1.165, 1.54) is 12.1 Å². The van der Waals surface area contributed by atoms with Crippen LogP contribution in [0.25, 0.3) is 0 Å². The number of halogens is 2. The van der Waals surface area contributed by atoms with E-state index < -0.39 is 6.04 Å². The Morgan fingerprint density at radius 3 is 2.88 bits per heavy atom. The van der Waals surface area contributed by atoms with Crippen LogP contribution in [0.4, 0.5) is 4.39 Å². The molecule has 17 heavy (non-hydrogen) atoms. The van der Waals surface area contributed by atoms with Gasteiger partial charge in [-0.15, -0.1) is 0 Å². The predicted molar refractivity (Wildman–Crippen MR) is 63.8 cm³/mol. The van der Waals surface area contributed by atoms with Crippen molar-refractivity contribution < 1.29 is 4.39 Å². The molecule has 1 heterocycles. The largest absolute Gasteiger partial charge is 0.275 e. The summed E-state index contributed by atoms with van der Waals surface area (Å²) in [4.78, 5) is 0. The fraction of sp³-hybridized carbons (Fsp3) is 0.182. The molecule has 0 fully saturated rings. The molecule has 0 saturated carbocycles. The van der Waals surface area contributed by atoms with Crippen molar-refractivity contribution in [3.8, 4) is 0 Å². The lowest BCUT2D eigenvalue weighted by Gasteiger charge is -2.15. The number of aromatic nitrogens is 2. The van der Waals surface area contributed by atoms with Gasteiger partial charge in [0.2, 0.25) is 0 Å². The molecule has 6 heteroatoms. The highest BCUT2D eigenvalue weighted by Crippen LogP contribution is 2.25. The van der Waals surface area contributed by atoms with Crippen molar-refractivity contribution >= 4 is 11.6 Å². The molecular formula is C11H12ClFN4. The first-order valence-corrected chi connectivity index (χ1v) is 5.39. The van der Waals surface area contributed by atoms with Crippen molar-refractivity contribution in [2.75, 3.05) is 0 Å². The maximum atomic E-state index is 13.7. The Morgan fingerprint density at radius 2 is 2.29 bits per heavy atom. The average molecular weight is 255 g/mol. The van der Waals surface area contributed by atoms with E-state index in [0.717, 1.165) is 5.56 Å². The number of hydrogen-bond acceptors (Lipinski definition) is 3. The summed E-state index contributed by atoms with van der Waals surface area (Å²) < 4.78 is 15.3. The van der Waals surface area contributed by atoms with Gasteiger partial charge in [0.05, 0.1) is 12.2 Å². The third-order valence-corrected chi connectivity index (χ3v) is 2.73. The quantitative estimate of drug-likeness (QED) is 0.648. The van der Waals surface area contributed by atoms with Crippen LogP contribution in [0.3, 0.4) is 0 Å². The molecule has 1 unspecified atom stereocenters. The van der Waals surface area contributed by atoms with E-state index in [2.05, 4.69) is 10.5 Å². The van der Waals surface area contributed by atoms with Crippen molar-refractivity contribution in [3.63, 3.8) is 0 Å². The smallest absolute Gasteiger partial charge is 0.128 e. The molecule has 0 aliphatic heterocycles. The zero-order chi connectivity index (χ0) is 12.4. The number of hydrazine groups is 1. The summed E-state index contributed by atoms with van der Waals surface area (Å²) in [6.07, 6.45) is 3.40. The lowest BCUT2D eigenvalue weighted by atomic mass is 10.0. The van der Waals surface area contributed by atoms with Gasteiger partial charge in [0.1, 0.15) is 5.82 Å². The lowest BCUT2D eigenvalue weighted by molar-refractivity contribution is 0.560. The molecule has 1 atom stereocenters. The fourth-order valence-corrected chi connectivity index (χ4v) is 1.87. The Morgan fingerprint density at radius 1 is 1.53 bits per heavy atom. The molecule has 0 amide bonds. The summed E-state index contributed by atoms with van der Waals surface area (Å²) in [5.41, 5.74) is 3.73. The summed E-state index contributed by atoms with van der Waals surface area (Å²) in [6.45, 7) is 0. The monoisotopic (exact) mass is 254 g/mol. The number of rotatable bonds is 3. The van der Waals surface area contributed by atoms with E-state index in [0.29, 0.717) is 10.6 Å². The van der Waals surface area contributed by atoms with E-state index in [-0.39, 0.29) is 5.82 Å². The number of nitrogens with two attached hydrogens (primary N) is 1. The van der Waals surface area contributed by atoms with Gasteiger partial charge in [-0.1, -0.05) is 11.6 Å². The van der Waals surface area contributed by atoms with Crippen molar-refractivity contribution in [1.29, 1.82) is 0 Å². The fourth-order valence-electron chi connectivity index (χ4n) is 1.69. The zero-order valence-corrected chi connectivity index (χ0v) is 9.95. The Hall–Kier alpha value is -1.43. The van der Waals surface area contributed by atoms with Crippen LogP contribution >= 0.6 is 11.6 Å². The van der Waals surface area contributed by atoms with Gasteiger partial charge in [-0.2, -0.15) is 5.10 Å². The molecule has 0 aliphatic rings. The van der Waals surface area contributed by atoms with E-state index in [1.54, 1.807) is 30.2 Å². The molecule has 1 aromatic carbocycles. The van der Waals surface area contributed by atoms with Gasteiger partial charge in [0.15, 0.2) is 0 Å². The van der Waals surface area contributed by atoms with Gasteiger partial charge in [-0.05, 0) is 18.2 Å². The zero-order valence-electron chi connectivity index (χ0n) is 9.19. The molecule has 0 radical (unpaired) electrons. The number of nitrogens with one attached hydrogen (secondary N) is 1. The van der Waals surface area contributed by atoms with Gasteiger partial charge in [0, 0.05) is 29.4 Å². The Kier molecular flexibility index (Phi) is 3.42. The normalized spacial score (nSPS) is 12.7. The molecule has 2 aromatic rings. The van der Waals surface area contributed by atoms with Gasteiger partial charge in [-0.25, -0.2) is 9.82 Å². The second kappa shape index (κ2) is 4.83. The standard InChI is InChI=1S/C11H12ClFN4/c1-17-6-7(5-15-17)11(16-14)9-4-8(12)2-3-10(9)13/h2-6,11,16H,14H2,1H3. The van der Waals surface area contributed by atoms with Gasteiger partial charge in [-0.3, -0.25) is 10.5 Å². The van der Waals surface area contributed by atoms with Gasteiger partial charge < -0.3 is 0 Å². The van der Waals surface area contributed by atoms with Crippen molar-refractivity contribution in [2.24, 2.45) is 12.9 Å². The maximum absolute atomic E-state index is 13.7. The predicted octanol–water partition coefficient (Wildman–Crippen LogP) is 1.77. The van der Waals surface area contributed by atoms with E-state index in [1.807, 2.05) is 0 Å². The molecule has 0 aliphatic carbocycles. The topological polar surface area (TPSA) is 55.9 Å². The van der Waals surface area contributed by atoms with Crippen molar-refractivity contribution in [3.05, 3.63) is 52.6 Å². The second-order valence-electron chi connectivity index (χ2n) is 3.71. The molecule has 3 N–H and O–H groups in total. The average Bonchev–Trinajstić information content (AvgIpc) is 2.71. The van der Waals surface area contributed by atoms with Crippen LogP contribution in [-0.4, -0.2) is 9.78 Å². The van der Waals surface area contributed by atoms with Gasteiger partial charge >= 0.3 is 0 Å². The van der Waals surface area contributed by atoms with E-state index in [4.69, 9.17) is 17.4 Å². The van der Waals surface area contributed by atoms with E-state index >= 15 is 0 Å². The number of benzene rings is 1. The van der Waals surface area contributed by atoms with Crippen LogP contribution in [0, 0.1) is 5.82 Å². The Balaban J connectivity index is 2.45. The molecule has 1 aromatic heterocycles. The number of nitrogens with zero attached hydrogens (tertiary/aromatic N) is 2. The molecule has 0 spiro atoms. The summed E-state index contributed by atoms with van der Waals surface area (Å²) in [7, 11) is 1.78. The second-order valence-corrected chi connectivity index (χ2v) is 4.15. The summed E-state index contributed by atoms with van der Waals surface area (Å²) in [6, 6.07) is 3.90. The third-order valence-electron chi connectivity index (χ3n) is 2.49. The molecule has 2 rings (SSSR count). The third kappa shape index (κ3) is 2.46. The van der Waals surface area contributed by atoms with E-state index in [9.17, 15) is 4.39 Å². The molecule has 90 valence electrons. The van der Waals surface area contributed by atoms with Crippen molar-refractivity contribution in [1.82, 2.24) is 15.2 Å². The first kappa shape index (κ1) is 12.0. The van der Waals surface area contributed by atoms with Crippen LogP contribution < -0.4 is 11.3 Å². The molecule has 0 saturated heterocycles. The molecular weight excluding hydrogens is 243 g/mol. The summed E-state index contributed by atoms with van der Waals surface area (Å²) in [5, 5.41) is 4.49. The highest BCUT2D eigenvalue weighted by molar-refractivity contribution is 6.30. The number of aryl methyl sites for hydroxylation is 1. The van der Waals surface area contributed by atoms with Crippen LogP contribution in [0.2, 0.25) is 5.02 Å². The number of hydrogen-bond donors (Lipinski definition) is 2. The minimum Gasteiger partial charge on any atom is -0.275 e. The summed E-state index contributed by atoms with van der Waals surface area (Å²) in [5.74, 6) is 5.11. The molecule has 0 bridgehead atoms. The van der Waals surface area contributed by atoms with Crippen LogP contribution in [-0.2, 0) is 7.05 Å². The minimum absolute atomic E-state index is 0.360.